The van der Waals surface area contributed by atoms with Gasteiger partial charge in [-0.1, -0.05) is 6.07 Å². The van der Waals surface area contributed by atoms with Gasteiger partial charge in [0.1, 0.15) is 12.2 Å². The molecule has 1 aliphatic heterocycles. The van der Waals surface area contributed by atoms with Crippen LogP contribution in [0.25, 0.3) is 11.4 Å². The molecule has 2 aromatic rings. The van der Waals surface area contributed by atoms with Crippen LogP contribution in [0.4, 0.5) is 0 Å². The van der Waals surface area contributed by atoms with Crippen molar-refractivity contribution in [1.29, 1.82) is 0 Å². The molecule has 2 aromatic heterocycles. The first-order valence-electron chi connectivity index (χ1n) is 9.73. The Bertz CT molecular complexity index is 890. The lowest BCUT2D eigenvalue weighted by Crippen LogP contribution is -2.41. The molecule has 0 atom stereocenters. The van der Waals surface area contributed by atoms with E-state index in [4.69, 9.17) is 5.10 Å². The number of hydrogen-bond donors (Lipinski definition) is 1. The van der Waals surface area contributed by atoms with E-state index in [-0.39, 0.29) is 37.1 Å². The highest BCUT2D eigenvalue weighted by Gasteiger charge is 2.30. The van der Waals surface area contributed by atoms with Crippen molar-refractivity contribution in [2.24, 2.45) is 0 Å². The van der Waals surface area contributed by atoms with Gasteiger partial charge in [-0.3, -0.25) is 28.9 Å². The van der Waals surface area contributed by atoms with Crippen LogP contribution in [-0.2, 0) is 33.8 Å². The Morgan fingerprint density at radius 3 is 2.61 bits per heavy atom. The topological polar surface area (TPSA) is 97.2 Å². The molecule has 0 radical (unpaired) electrons. The maximum absolute atomic E-state index is 12.1. The number of hydrogen-bond acceptors (Lipinski definition) is 5. The normalized spacial score (nSPS) is 16.4. The number of carbonyl (C=O) groups is 3. The number of fused-ring (bicyclic) bond motifs is 1. The van der Waals surface area contributed by atoms with Gasteiger partial charge in [-0.25, -0.2) is 0 Å². The Labute approximate surface area is 162 Å². The maximum atomic E-state index is 12.1. The molecule has 0 spiro atoms. The quantitative estimate of drug-likeness (QED) is 0.756. The van der Waals surface area contributed by atoms with Gasteiger partial charge in [0.25, 0.3) is 0 Å². The number of nitrogens with zero attached hydrogens (tertiary/aromatic N) is 4. The third-order valence-corrected chi connectivity index (χ3v) is 5.27. The Kier molecular flexibility index (Phi) is 5.18. The molecule has 1 saturated heterocycles. The standard InChI is InChI=1S/C20H23N5O3/c26-17(13-24-18(27)8-9-19(24)28)22-11-12-25-16-7-2-1-5-14(16)20(23-25)15-6-3-4-10-21-15/h3-4,6,10H,1-2,5,7-9,11-13H2,(H,22,26). The summed E-state index contributed by atoms with van der Waals surface area (Å²) in [6.45, 7) is 0.738. The van der Waals surface area contributed by atoms with Gasteiger partial charge in [0.15, 0.2) is 0 Å². The van der Waals surface area contributed by atoms with E-state index < -0.39 is 0 Å². The maximum Gasteiger partial charge on any atom is 0.240 e. The van der Waals surface area contributed by atoms with Crippen LogP contribution in [0.5, 0.6) is 0 Å². The average molecular weight is 381 g/mol. The number of imide groups is 1. The van der Waals surface area contributed by atoms with E-state index in [2.05, 4.69) is 10.3 Å². The molecule has 28 heavy (non-hydrogen) atoms. The fraction of sp³-hybridized carbons (Fsp3) is 0.450. The molecule has 1 N–H and O–H groups in total. The van der Waals surface area contributed by atoms with Gasteiger partial charge < -0.3 is 5.32 Å². The van der Waals surface area contributed by atoms with E-state index in [9.17, 15) is 14.4 Å². The fourth-order valence-corrected chi connectivity index (χ4v) is 3.86. The molecular formula is C20H23N5O3. The number of aromatic nitrogens is 3. The Hall–Kier alpha value is -3.03. The molecule has 8 heteroatoms. The summed E-state index contributed by atoms with van der Waals surface area (Å²) < 4.78 is 1.96. The SMILES string of the molecule is O=C(CN1C(=O)CCC1=O)NCCn1nc(-c2ccccn2)c2c1CCCC2. The molecular weight excluding hydrogens is 358 g/mol. The van der Waals surface area contributed by atoms with Crippen LogP contribution in [0.15, 0.2) is 24.4 Å². The van der Waals surface area contributed by atoms with Gasteiger partial charge in [-0.2, -0.15) is 5.10 Å². The summed E-state index contributed by atoms with van der Waals surface area (Å²) >= 11 is 0. The van der Waals surface area contributed by atoms with Crippen molar-refractivity contribution >= 4 is 17.7 Å². The van der Waals surface area contributed by atoms with E-state index in [1.54, 1.807) is 6.20 Å². The summed E-state index contributed by atoms with van der Waals surface area (Å²) in [5.41, 5.74) is 4.26. The predicted octanol–water partition coefficient (Wildman–Crippen LogP) is 1.09. The van der Waals surface area contributed by atoms with Gasteiger partial charge in [0.05, 0.1) is 12.2 Å². The second kappa shape index (κ2) is 7.92. The molecule has 8 nitrogen and oxygen atoms in total. The van der Waals surface area contributed by atoms with Crippen molar-refractivity contribution in [3.8, 4) is 11.4 Å². The number of nitrogens with one attached hydrogen (secondary N) is 1. The Balaban J connectivity index is 1.41. The van der Waals surface area contributed by atoms with Crippen molar-refractivity contribution in [3.63, 3.8) is 0 Å². The summed E-state index contributed by atoms with van der Waals surface area (Å²) in [4.78, 5) is 40.8. The fourth-order valence-electron chi connectivity index (χ4n) is 3.86. The van der Waals surface area contributed by atoms with Crippen LogP contribution in [-0.4, -0.2) is 50.5 Å². The number of pyridine rings is 1. The zero-order valence-electron chi connectivity index (χ0n) is 15.7. The molecule has 4 rings (SSSR count). The highest BCUT2D eigenvalue weighted by Crippen LogP contribution is 2.30. The molecule has 3 amide bonds. The third-order valence-electron chi connectivity index (χ3n) is 5.27. The second-order valence-corrected chi connectivity index (χ2v) is 7.14. The monoisotopic (exact) mass is 381 g/mol. The van der Waals surface area contributed by atoms with E-state index in [1.807, 2.05) is 22.9 Å². The van der Waals surface area contributed by atoms with Gasteiger partial charge in [-0.05, 0) is 37.8 Å². The van der Waals surface area contributed by atoms with Crippen LogP contribution in [0.2, 0.25) is 0 Å². The van der Waals surface area contributed by atoms with Crippen LogP contribution >= 0.6 is 0 Å². The second-order valence-electron chi connectivity index (χ2n) is 7.14. The molecule has 146 valence electrons. The highest BCUT2D eigenvalue weighted by atomic mass is 16.2. The molecule has 0 unspecified atom stereocenters. The van der Waals surface area contributed by atoms with E-state index in [0.717, 1.165) is 42.0 Å². The summed E-state index contributed by atoms with van der Waals surface area (Å²) in [5.74, 6) is -0.878. The first-order valence-corrected chi connectivity index (χ1v) is 9.73. The Morgan fingerprint density at radius 2 is 1.86 bits per heavy atom. The largest absolute Gasteiger partial charge is 0.353 e. The van der Waals surface area contributed by atoms with Gasteiger partial charge in [0, 0.05) is 36.8 Å². The minimum atomic E-state index is -0.324. The lowest BCUT2D eigenvalue weighted by Gasteiger charge is -2.15. The summed E-state index contributed by atoms with van der Waals surface area (Å²) in [6, 6.07) is 5.81. The van der Waals surface area contributed by atoms with Crippen LogP contribution < -0.4 is 5.32 Å². The van der Waals surface area contributed by atoms with Crippen molar-refractivity contribution in [2.75, 3.05) is 13.1 Å². The average Bonchev–Trinajstić information content (AvgIpc) is 3.24. The lowest BCUT2D eigenvalue weighted by atomic mass is 9.95. The van der Waals surface area contributed by atoms with Gasteiger partial charge in [-0.15, -0.1) is 0 Å². The zero-order valence-corrected chi connectivity index (χ0v) is 15.7. The number of likely N-dealkylation sites (tertiary alicyclic amines) is 1. The van der Waals surface area contributed by atoms with Crippen molar-refractivity contribution in [3.05, 3.63) is 35.7 Å². The smallest absolute Gasteiger partial charge is 0.240 e. The predicted molar refractivity (Wildman–Crippen MR) is 101 cm³/mol. The van der Waals surface area contributed by atoms with Gasteiger partial charge in [0.2, 0.25) is 17.7 Å². The van der Waals surface area contributed by atoms with Crippen LogP contribution in [0, 0.1) is 0 Å². The third kappa shape index (κ3) is 3.67. The number of amides is 3. The van der Waals surface area contributed by atoms with Crippen LogP contribution in [0.3, 0.4) is 0 Å². The highest BCUT2D eigenvalue weighted by molar-refractivity contribution is 6.04. The molecule has 1 fully saturated rings. The molecule has 0 bridgehead atoms. The van der Waals surface area contributed by atoms with E-state index >= 15 is 0 Å². The van der Waals surface area contributed by atoms with E-state index in [0.29, 0.717) is 13.1 Å². The molecule has 1 aliphatic carbocycles. The minimum Gasteiger partial charge on any atom is -0.353 e. The molecule has 3 heterocycles. The van der Waals surface area contributed by atoms with Crippen molar-refractivity contribution in [2.45, 2.75) is 45.1 Å². The first kappa shape index (κ1) is 18.3. The molecule has 0 saturated carbocycles. The molecule has 0 aromatic carbocycles. The number of carbonyl (C=O) groups excluding carboxylic acids is 3. The first-order chi connectivity index (χ1) is 13.6. The van der Waals surface area contributed by atoms with Crippen LogP contribution in [0.1, 0.15) is 36.9 Å². The number of rotatable bonds is 6. The van der Waals surface area contributed by atoms with E-state index in [1.165, 1.54) is 11.3 Å². The summed E-state index contributed by atoms with van der Waals surface area (Å²) in [5, 5.41) is 7.56. The van der Waals surface area contributed by atoms with Gasteiger partial charge >= 0.3 is 0 Å². The van der Waals surface area contributed by atoms with Crippen molar-refractivity contribution in [1.82, 2.24) is 25.0 Å². The zero-order chi connectivity index (χ0) is 19.5. The summed E-state index contributed by atoms with van der Waals surface area (Å²) in [7, 11) is 0. The minimum absolute atomic E-state index is 0.196. The summed E-state index contributed by atoms with van der Waals surface area (Å²) in [6.07, 6.45) is 6.40. The Morgan fingerprint density at radius 1 is 1.07 bits per heavy atom. The lowest BCUT2D eigenvalue weighted by molar-refractivity contribution is -0.142. The molecule has 2 aliphatic rings. The van der Waals surface area contributed by atoms with Crippen molar-refractivity contribution < 1.29 is 14.4 Å².